The third-order valence-electron chi connectivity index (χ3n) is 6.22. The van der Waals surface area contributed by atoms with Crippen LogP contribution in [0.4, 0.5) is 0 Å². The second-order valence-electron chi connectivity index (χ2n) is 8.76. The van der Waals surface area contributed by atoms with Crippen LogP contribution in [0.25, 0.3) is 0 Å². The minimum absolute atomic E-state index is 0.0929. The Morgan fingerprint density at radius 3 is 2.65 bits per heavy atom. The van der Waals surface area contributed by atoms with Crippen molar-refractivity contribution in [1.29, 1.82) is 0 Å². The van der Waals surface area contributed by atoms with Crippen LogP contribution < -0.4 is 21.1 Å². The van der Waals surface area contributed by atoms with Gasteiger partial charge in [-0.1, -0.05) is 6.92 Å². The van der Waals surface area contributed by atoms with E-state index >= 15 is 0 Å². The lowest BCUT2D eigenvalue weighted by Gasteiger charge is -2.34. The number of carbonyl (C=O) groups excluding carboxylic acids is 2. The summed E-state index contributed by atoms with van der Waals surface area (Å²) in [5.74, 6) is -0.200. The molecule has 0 saturated carbocycles. The number of nitrogens with zero attached hydrogens (tertiary/aromatic N) is 2. The second kappa shape index (κ2) is 12.3. The van der Waals surface area contributed by atoms with Crippen LogP contribution in [0.1, 0.15) is 26.2 Å². The van der Waals surface area contributed by atoms with Gasteiger partial charge in [-0.05, 0) is 53.5 Å². The fourth-order valence-corrected chi connectivity index (χ4v) is 5.99. The van der Waals surface area contributed by atoms with Gasteiger partial charge in [-0.25, -0.2) is 8.42 Å². The lowest BCUT2D eigenvalue weighted by molar-refractivity contribution is -0.123. The summed E-state index contributed by atoms with van der Waals surface area (Å²) in [5, 5.41) is 6.09. The predicted molar refractivity (Wildman–Crippen MR) is 132 cm³/mol. The van der Waals surface area contributed by atoms with E-state index in [0.717, 1.165) is 19.5 Å². The Labute approximate surface area is 209 Å². The number of rotatable bonds is 11. The zero-order chi connectivity index (χ0) is 24.7. The number of hydrogen-bond acceptors (Lipinski definition) is 7. The molecule has 4 N–H and O–H groups in total. The summed E-state index contributed by atoms with van der Waals surface area (Å²) in [7, 11) is -3.61. The third-order valence-corrected chi connectivity index (χ3v) is 8.74. The fourth-order valence-electron chi connectivity index (χ4n) is 3.92. The Balaban J connectivity index is 1.43. The molecule has 190 valence electrons. The van der Waals surface area contributed by atoms with Crippen LogP contribution >= 0.6 is 15.9 Å². The van der Waals surface area contributed by atoms with E-state index in [-0.39, 0.29) is 29.2 Å². The normalized spacial score (nSPS) is 20.7. The molecule has 2 saturated heterocycles. The summed E-state index contributed by atoms with van der Waals surface area (Å²) in [6.45, 7) is 6.47. The van der Waals surface area contributed by atoms with Crippen molar-refractivity contribution < 1.29 is 22.7 Å². The molecular weight excluding hydrogens is 526 g/mol. The molecule has 2 amide bonds. The third kappa shape index (κ3) is 7.38. The van der Waals surface area contributed by atoms with Crippen molar-refractivity contribution in [3.63, 3.8) is 0 Å². The first-order valence-electron chi connectivity index (χ1n) is 11.6. The maximum atomic E-state index is 13.1. The van der Waals surface area contributed by atoms with Gasteiger partial charge < -0.3 is 21.1 Å². The summed E-state index contributed by atoms with van der Waals surface area (Å²) >= 11 is 3.45. The van der Waals surface area contributed by atoms with E-state index in [0.29, 0.717) is 55.9 Å². The maximum absolute atomic E-state index is 13.1. The molecule has 3 rings (SSSR count). The Kier molecular flexibility index (Phi) is 9.72. The van der Waals surface area contributed by atoms with Gasteiger partial charge in [0, 0.05) is 58.2 Å². The van der Waals surface area contributed by atoms with Gasteiger partial charge in [0.25, 0.3) is 0 Å². The Hall–Kier alpha value is -1.73. The molecule has 2 fully saturated rings. The number of ether oxygens (including phenoxy) is 1. The van der Waals surface area contributed by atoms with Crippen molar-refractivity contribution in [3.05, 3.63) is 22.7 Å². The summed E-state index contributed by atoms with van der Waals surface area (Å²) in [4.78, 5) is 25.3. The number of benzene rings is 1. The Morgan fingerprint density at radius 2 is 2.03 bits per heavy atom. The lowest BCUT2D eigenvalue weighted by atomic mass is 10.1. The van der Waals surface area contributed by atoms with Crippen LogP contribution in [0, 0.1) is 5.92 Å². The van der Waals surface area contributed by atoms with E-state index in [1.807, 2.05) is 0 Å². The van der Waals surface area contributed by atoms with E-state index < -0.39 is 15.9 Å². The summed E-state index contributed by atoms with van der Waals surface area (Å²) in [6.07, 6.45) is 1.70. The minimum atomic E-state index is -3.61. The molecule has 0 unspecified atom stereocenters. The Bertz CT molecular complexity index is 962. The molecule has 2 atom stereocenters. The largest absolute Gasteiger partial charge is 0.488 e. The first kappa shape index (κ1) is 26.9. The molecule has 34 heavy (non-hydrogen) atoms. The molecule has 12 heteroatoms. The SMILES string of the molecule is C[C@@H](CCC(=O)NCCN1CCN(S(=O)(=O)c2ccc(O[C@H]3CCNC3)c(Br)c2)CC1)C(N)=O. The summed E-state index contributed by atoms with van der Waals surface area (Å²) < 4.78 is 34.3. The van der Waals surface area contributed by atoms with Crippen molar-refractivity contribution >= 4 is 37.8 Å². The highest BCUT2D eigenvalue weighted by Crippen LogP contribution is 2.30. The lowest BCUT2D eigenvalue weighted by Crippen LogP contribution is -2.50. The second-order valence-corrected chi connectivity index (χ2v) is 11.6. The maximum Gasteiger partial charge on any atom is 0.243 e. The topological polar surface area (TPSA) is 134 Å². The smallest absolute Gasteiger partial charge is 0.243 e. The highest BCUT2D eigenvalue weighted by molar-refractivity contribution is 9.10. The van der Waals surface area contributed by atoms with Crippen LogP contribution in [0.2, 0.25) is 0 Å². The molecule has 1 aromatic rings. The molecule has 0 aromatic heterocycles. The van der Waals surface area contributed by atoms with E-state index in [9.17, 15) is 18.0 Å². The van der Waals surface area contributed by atoms with E-state index in [1.54, 1.807) is 25.1 Å². The highest BCUT2D eigenvalue weighted by atomic mass is 79.9. The molecule has 0 radical (unpaired) electrons. The summed E-state index contributed by atoms with van der Waals surface area (Å²) in [5.41, 5.74) is 5.21. The molecule has 2 aliphatic rings. The van der Waals surface area contributed by atoms with Gasteiger partial charge in [0.1, 0.15) is 11.9 Å². The molecule has 0 spiro atoms. The molecule has 0 aliphatic carbocycles. The van der Waals surface area contributed by atoms with Gasteiger partial charge in [-0.2, -0.15) is 4.31 Å². The van der Waals surface area contributed by atoms with Gasteiger partial charge in [-0.15, -0.1) is 0 Å². The molecule has 10 nitrogen and oxygen atoms in total. The van der Waals surface area contributed by atoms with E-state index in [1.165, 1.54) is 4.31 Å². The number of nitrogens with two attached hydrogens (primary N) is 1. The van der Waals surface area contributed by atoms with Gasteiger partial charge >= 0.3 is 0 Å². The highest BCUT2D eigenvalue weighted by Gasteiger charge is 2.29. The van der Waals surface area contributed by atoms with Crippen molar-refractivity contribution in [2.75, 3.05) is 52.4 Å². The zero-order valence-corrected chi connectivity index (χ0v) is 21.9. The number of hydrogen-bond donors (Lipinski definition) is 3. The van der Waals surface area contributed by atoms with Gasteiger partial charge in [0.05, 0.1) is 9.37 Å². The number of carbonyl (C=O) groups is 2. The monoisotopic (exact) mass is 559 g/mol. The van der Waals surface area contributed by atoms with Crippen molar-refractivity contribution in [2.24, 2.45) is 11.7 Å². The number of amides is 2. The van der Waals surface area contributed by atoms with Crippen molar-refractivity contribution in [2.45, 2.75) is 37.2 Å². The first-order chi connectivity index (χ1) is 16.2. The molecule has 2 aliphatic heterocycles. The molecule has 2 heterocycles. The van der Waals surface area contributed by atoms with Crippen LogP contribution in [-0.2, 0) is 19.6 Å². The summed E-state index contributed by atoms with van der Waals surface area (Å²) in [6, 6.07) is 4.91. The fraction of sp³-hybridized carbons (Fsp3) is 0.636. The van der Waals surface area contributed by atoms with Crippen molar-refractivity contribution in [3.8, 4) is 5.75 Å². The average Bonchev–Trinajstić information content (AvgIpc) is 3.32. The van der Waals surface area contributed by atoms with Crippen LogP contribution in [0.3, 0.4) is 0 Å². The standard InChI is InChI=1S/C22H34BrN5O5S/c1-16(22(24)30)2-5-21(29)26-8-9-27-10-12-28(13-11-27)34(31,32)18-3-4-20(19(23)14-18)33-17-6-7-25-15-17/h3-4,14,16-17,25H,2,5-13,15H2,1H3,(H2,24,30)(H,26,29)/t16-,17-/m0/s1. The van der Waals surface area contributed by atoms with Crippen LogP contribution in [0.5, 0.6) is 5.75 Å². The minimum Gasteiger partial charge on any atom is -0.488 e. The van der Waals surface area contributed by atoms with E-state index in [2.05, 4.69) is 31.5 Å². The quantitative estimate of drug-likeness (QED) is 0.359. The molecule has 0 bridgehead atoms. The van der Waals surface area contributed by atoms with Gasteiger partial charge in [0.15, 0.2) is 0 Å². The number of primary amides is 1. The number of piperazine rings is 1. The first-order valence-corrected chi connectivity index (χ1v) is 13.9. The Morgan fingerprint density at radius 1 is 1.29 bits per heavy atom. The predicted octanol–water partition coefficient (Wildman–Crippen LogP) is 0.514. The van der Waals surface area contributed by atoms with E-state index in [4.69, 9.17) is 10.5 Å². The van der Waals surface area contributed by atoms with Crippen molar-refractivity contribution in [1.82, 2.24) is 19.8 Å². The number of nitrogens with one attached hydrogen (secondary N) is 2. The molecule has 1 aromatic carbocycles. The zero-order valence-electron chi connectivity index (χ0n) is 19.5. The van der Waals surface area contributed by atoms with Crippen LogP contribution in [0.15, 0.2) is 27.6 Å². The molecular formula is C22H34BrN5O5S. The average molecular weight is 561 g/mol. The number of sulfonamides is 1. The van der Waals surface area contributed by atoms with Crippen LogP contribution in [-0.4, -0.2) is 87.9 Å². The van der Waals surface area contributed by atoms with Gasteiger partial charge in [-0.3, -0.25) is 14.5 Å². The van der Waals surface area contributed by atoms with Gasteiger partial charge in [0.2, 0.25) is 21.8 Å². The number of halogens is 1.